The van der Waals surface area contributed by atoms with Gasteiger partial charge >= 0.3 is 0 Å². The monoisotopic (exact) mass is 750 g/mol. The molecular weight excluding hydrogens is 717 g/mol. The number of hydrogen-bond acceptors (Lipinski definition) is 2. The number of fused-ring (bicyclic) bond motifs is 12. The Morgan fingerprint density at radius 3 is 1.58 bits per heavy atom. The van der Waals surface area contributed by atoms with Crippen molar-refractivity contribution >= 4 is 82.4 Å². The Bertz CT molecular complexity index is 3620. The smallest absolute Gasteiger partial charge is 0.159 e. The summed E-state index contributed by atoms with van der Waals surface area (Å²) in [5.41, 5.74) is 16.0. The van der Waals surface area contributed by atoms with E-state index in [0.717, 1.165) is 50.1 Å². The lowest BCUT2D eigenvalue weighted by Gasteiger charge is -2.28. The van der Waals surface area contributed by atoms with E-state index in [1.54, 1.807) is 0 Å². The van der Waals surface area contributed by atoms with Crippen LogP contribution in [0.1, 0.15) is 0 Å². The minimum absolute atomic E-state index is 0.869. The van der Waals surface area contributed by atoms with Gasteiger partial charge in [0.2, 0.25) is 0 Å². The first-order chi connectivity index (χ1) is 29.2. The molecule has 274 valence electrons. The van der Waals surface area contributed by atoms with Gasteiger partial charge in [-0.1, -0.05) is 127 Å². The second-order valence-corrected chi connectivity index (χ2v) is 15.7. The molecule has 0 saturated carbocycles. The van der Waals surface area contributed by atoms with E-state index < -0.39 is 0 Å². The van der Waals surface area contributed by atoms with Crippen molar-refractivity contribution in [2.24, 2.45) is 0 Å². The van der Waals surface area contributed by atoms with Crippen molar-refractivity contribution in [3.05, 3.63) is 206 Å². The molecule has 2 aromatic heterocycles. The SMILES string of the molecule is c1ccc(-c2cccc3c2oc2c(N(c4ccccc4)c4ccc5cc6c(cc5c4)-c4cc5cc(-n7c8ccccc8c8ccccc87)ccc5cc4-6)cccc23)cc1. The van der Waals surface area contributed by atoms with Crippen molar-refractivity contribution in [2.75, 3.05) is 4.90 Å². The van der Waals surface area contributed by atoms with E-state index in [4.69, 9.17) is 4.42 Å². The average Bonchev–Trinajstić information content (AvgIpc) is 3.85. The number of benzene rings is 10. The predicted octanol–water partition coefficient (Wildman–Crippen LogP) is 15.8. The zero-order valence-electron chi connectivity index (χ0n) is 31.9. The maximum atomic E-state index is 6.93. The molecule has 0 aliphatic heterocycles. The third-order valence-electron chi connectivity index (χ3n) is 12.4. The van der Waals surface area contributed by atoms with E-state index in [1.165, 1.54) is 71.3 Å². The lowest BCUT2D eigenvalue weighted by Crippen LogP contribution is -2.10. The summed E-state index contributed by atoms with van der Waals surface area (Å²) in [6.45, 7) is 0. The molecule has 0 atom stereocenters. The van der Waals surface area contributed by atoms with Gasteiger partial charge in [0.25, 0.3) is 0 Å². The van der Waals surface area contributed by atoms with Crippen molar-refractivity contribution in [1.29, 1.82) is 0 Å². The maximum absolute atomic E-state index is 6.93. The number of hydrogen-bond donors (Lipinski definition) is 0. The standard InChI is InChI=1S/C56H34N2O/c1-3-13-35(14-4-1)43-19-11-20-46-47-21-12-24-54(56(47)59-55(43)46)57(40-15-5-2-6-16-40)41-27-25-36-31-48-49-32-37-26-28-42(30-39(37)34-51(49)50(48)33-38(36)29-41)58-52-22-9-7-17-44(52)45-18-8-10-23-53(45)58/h1-34H. The van der Waals surface area contributed by atoms with Gasteiger partial charge in [0, 0.05) is 44.2 Å². The van der Waals surface area contributed by atoms with Crippen molar-refractivity contribution < 1.29 is 4.42 Å². The van der Waals surface area contributed by atoms with E-state index in [0.29, 0.717) is 0 Å². The van der Waals surface area contributed by atoms with Crippen LogP contribution >= 0.6 is 0 Å². The number of furan rings is 1. The molecule has 1 aliphatic rings. The molecule has 12 aromatic rings. The van der Waals surface area contributed by atoms with Gasteiger partial charge in [-0.2, -0.15) is 0 Å². The predicted molar refractivity (Wildman–Crippen MR) is 248 cm³/mol. The summed E-state index contributed by atoms with van der Waals surface area (Å²) in [6.07, 6.45) is 0. The lowest BCUT2D eigenvalue weighted by atomic mass is 9.78. The molecule has 10 aromatic carbocycles. The van der Waals surface area contributed by atoms with Crippen molar-refractivity contribution in [3.63, 3.8) is 0 Å². The normalized spacial score (nSPS) is 12.1. The third-order valence-corrected chi connectivity index (χ3v) is 12.4. The van der Waals surface area contributed by atoms with Crippen LogP contribution in [-0.2, 0) is 0 Å². The molecule has 0 amide bonds. The number of nitrogens with zero attached hydrogens (tertiary/aromatic N) is 2. The Kier molecular flexibility index (Phi) is 6.72. The van der Waals surface area contributed by atoms with Crippen LogP contribution in [0.15, 0.2) is 211 Å². The number of para-hydroxylation sites is 5. The molecule has 0 saturated heterocycles. The lowest BCUT2D eigenvalue weighted by molar-refractivity contribution is 0.670. The molecule has 0 bridgehead atoms. The van der Waals surface area contributed by atoms with Gasteiger partial charge < -0.3 is 13.9 Å². The Balaban J connectivity index is 0.939. The molecule has 0 radical (unpaired) electrons. The van der Waals surface area contributed by atoms with Gasteiger partial charge in [-0.25, -0.2) is 0 Å². The van der Waals surface area contributed by atoms with Crippen LogP contribution in [0.4, 0.5) is 17.1 Å². The highest BCUT2D eigenvalue weighted by molar-refractivity contribution is 6.15. The summed E-state index contributed by atoms with van der Waals surface area (Å²) in [5, 5.41) is 9.69. The molecule has 3 heteroatoms. The highest BCUT2D eigenvalue weighted by Gasteiger charge is 2.26. The Morgan fingerprint density at radius 2 is 0.881 bits per heavy atom. The summed E-state index contributed by atoms with van der Waals surface area (Å²) in [5.74, 6) is 0. The van der Waals surface area contributed by atoms with Gasteiger partial charge in [-0.15, -0.1) is 0 Å². The molecule has 0 fully saturated rings. The van der Waals surface area contributed by atoms with E-state index in [9.17, 15) is 0 Å². The molecule has 0 spiro atoms. The molecular formula is C56H34N2O. The molecule has 1 aliphatic carbocycles. The number of aromatic nitrogens is 1. The minimum Gasteiger partial charge on any atom is -0.453 e. The second kappa shape index (κ2) is 12.3. The van der Waals surface area contributed by atoms with Crippen molar-refractivity contribution in [1.82, 2.24) is 4.57 Å². The van der Waals surface area contributed by atoms with Crippen molar-refractivity contribution in [3.8, 4) is 39.1 Å². The fraction of sp³-hybridized carbons (Fsp3) is 0. The highest BCUT2D eigenvalue weighted by atomic mass is 16.3. The van der Waals surface area contributed by atoms with E-state index >= 15 is 0 Å². The first-order valence-corrected chi connectivity index (χ1v) is 20.2. The molecule has 0 N–H and O–H groups in total. The second-order valence-electron chi connectivity index (χ2n) is 15.7. The van der Waals surface area contributed by atoms with Crippen LogP contribution in [0, 0.1) is 0 Å². The number of rotatable bonds is 5. The van der Waals surface area contributed by atoms with Crippen LogP contribution in [-0.4, -0.2) is 4.57 Å². The van der Waals surface area contributed by atoms with E-state index in [2.05, 4.69) is 216 Å². The molecule has 59 heavy (non-hydrogen) atoms. The van der Waals surface area contributed by atoms with Crippen LogP contribution in [0.25, 0.3) is 104 Å². The number of anilines is 3. The molecule has 3 nitrogen and oxygen atoms in total. The minimum atomic E-state index is 0.869. The fourth-order valence-electron chi connectivity index (χ4n) is 9.71. The van der Waals surface area contributed by atoms with E-state index in [1.807, 2.05) is 0 Å². The van der Waals surface area contributed by atoms with Crippen LogP contribution in [0.3, 0.4) is 0 Å². The molecule has 13 rings (SSSR count). The van der Waals surface area contributed by atoms with Crippen LogP contribution in [0.5, 0.6) is 0 Å². The zero-order valence-corrected chi connectivity index (χ0v) is 31.9. The third kappa shape index (κ3) is 4.76. The first-order valence-electron chi connectivity index (χ1n) is 20.2. The quantitative estimate of drug-likeness (QED) is 0.175. The van der Waals surface area contributed by atoms with Gasteiger partial charge in [0.05, 0.1) is 16.7 Å². The van der Waals surface area contributed by atoms with Crippen LogP contribution < -0.4 is 4.90 Å². The van der Waals surface area contributed by atoms with Crippen LogP contribution in [0.2, 0.25) is 0 Å². The average molecular weight is 751 g/mol. The first kappa shape index (κ1) is 32.2. The van der Waals surface area contributed by atoms with Gasteiger partial charge in [0.1, 0.15) is 5.58 Å². The maximum Gasteiger partial charge on any atom is 0.159 e. The largest absolute Gasteiger partial charge is 0.453 e. The summed E-state index contributed by atoms with van der Waals surface area (Å²) in [6, 6.07) is 74.8. The Morgan fingerprint density at radius 1 is 0.339 bits per heavy atom. The van der Waals surface area contributed by atoms with Gasteiger partial charge in [0.15, 0.2) is 5.58 Å². The summed E-state index contributed by atoms with van der Waals surface area (Å²) in [4.78, 5) is 2.34. The van der Waals surface area contributed by atoms with E-state index in [-0.39, 0.29) is 0 Å². The Labute approximate surface area is 340 Å². The molecule has 2 heterocycles. The topological polar surface area (TPSA) is 21.3 Å². The molecule has 0 unspecified atom stereocenters. The zero-order chi connectivity index (χ0) is 38.6. The fourth-order valence-corrected chi connectivity index (χ4v) is 9.71. The van der Waals surface area contributed by atoms with Gasteiger partial charge in [-0.3, -0.25) is 0 Å². The summed E-state index contributed by atoms with van der Waals surface area (Å²) < 4.78 is 9.33. The van der Waals surface area contributed by atoms with Crippen molar-refractivity contribution in [2.45, 2.75) is 0 Å². The Hall–Kier alpha value is -7.88. The van der Waals surface area contributed by atoms with Gasteiger partial charge in [-0.05, 0) is 128 Å². The highest BCUT2D eigenvalue weighted by Crippen LogP contribution is 2.51. The summed E-state index contributed by atoms with van der Waals surface area (Å²) >= 11 is 0. The summed E-state index contributed by atoms with van der Waals surface area (Å²) in [7, 11) is 0.